The van der Waals surface area contributed by atoms with Crippen LogP contribution >= 0.6 is 0 Å². The summed E-state index contributed by atoms with van der Waals surface area (Å²) in [5, 5.41) is 30.9. The predicted octanol–water partition coefficient (Wildman–Crippen LogP) is -0.487. The molecule has 248 valence electrons. The standard InChI is InChI=1S/C29H46N4O11/c1-29(2)27(40)33(28(41)31(29)3)15-18(17(14-16-10-6-7-11-16)24(38)32-12-8-5-9-13-32)23(37)30-44-26-21(36)19(34)20(35)22(43-26)25(39)42-4/h16-22,26,34-36H,5-15H2,1-4H3,(H,30,37)/t17-,18-,19+,20+,21-,22+,26+/m1/s1. The summed E-state index contributed by atoms with van der Waals surface area (Å²) in [6.45, 7) is 3.88. The predicted molar refractivity (Wildman–Crippen MR) is 151 cm³/mol. The molecule has 0 unspecified atom stereocenters. The number of nitrogens with one attached hydrogen (secondary N) is 1. The number of amides is 5. The summed E-state index contributed by atoms with van der Waals surface area (Å²) in [4.78, 5) is 76.0. The van der Waals surface area contributed by atoms with Gasteiger partial charge < -0.3 is 34.6 Å². The van der Waals surface area contributed by atoms with Crippen LogP contribution in [0.2, 0.25) is 0 Å². The number of aliphatic hydroxyl groups excluding tert-OH is 3. The molecule has 15 heteroatoms. The smallest absolute Gasteiger partial charge is 0.337 e. The van der Waals surface area contributed by atoms with Gasteiger partial charge in [-0.25, -0.2) is 19.9 Å². The third-order valence-corrected chi connectivity index (χ3v) is 9.65. The quantitative estimate of drug-likeness (QED) is 0.139. The molecule has 5 amide bonds. The average molecular weight is 627 g/mol. The first kappa shape index (κ1) is 34.0. The Morgan fingerprint density at radius 3 is 2.18 bits per heavy atom. The summed E-state index contributed by atoms with van der Waals surface area (Å²) in [6.07, 6.45) is -2.27. The molecule has 1 aliphatic carbocycles. The zero-order valence-electron chi connectivity index (χ0n) is 25.8. The van der Waals surface area contributed by atoms with Crippen molar-refractivity contribution >= 4 is 29.7 Å². The highest BCUT2D eigenvalue weighted by Gasteiger charge is 2.52. The van der Waals surface area contributed by atoms with Crippen LogP contribution in [0.4, 0.5) is 4.79 Å². The van der Waals surface area contributed by atoms with Gasteiger partial charge in [-0.05, 0) is 45.4 Å². The minimum Gasteiger partial charge on any atom is -0.467 e. The van der Waals surface area contributed by atoms with Crippen molar-refractivity contribution in [3.63, 3.8) is 0 Å². The fraction of sp³-hybridized carbons (Fsp3) is 0.828. The Morgan fingerprint density at radius 1 is 0.977 bits per heavy atom. The van der Waals surface area contributed by atoms with Gasteiger partial charge in [0.2, 0.25) is 18.1 Å². The van der Waals surface area contributed by atoms with Crippen molar-refractivity contribution in [1.82, 2.24) is 20.2 Å². The van der Waals surface area contributed by atoms with Crippen LogP contribution in [-0.2, 0) is 33.5 Å². The van der Waals surface area contributed by atoms with Crippen molar-refractivity contribution in [2.45, 2.75) is 101 Å². The highest BCUT2D eigenvalue weighted by Crippen LogP contribution is 2.36. The van der Waals surface area contributed by atoms with Crippen LogP contribution in [0, 0.1) is 17.8 Å². The number of hydroxylamine groups is 1. The van der Waals surface area contributed by atoms with Gasteiger partial charge in [-0.1, -0.05) is 25.7 Å². The number of esters is 1. The molecule has 0 aromatic rings. The van der Waals surface area contributed by atoms with Crippen molar-refractivity contribution in [3.8, 4) is 0 Å². The molecular formula is C29H46N4O11. The Bertz CT molecular complexity index is 1090. The van der Waals surface area contributed by atoms with Crippen LogP contribution in [0.15, 0.2) is 0 Å². The molecular weight excluding hydrogens is 580 g/mol. The van der Waals surface area contributed by atoms with E-state index in [-0.39, 0.29) is 11.8 Å². The summed E-state index contributed by atoms with van der Waals surface area (Å²) >= 11 is 0. The molecule has 0 aromatic heterocycles. The third kappa shape index (κ3) is 6.86. The number of imide groups is 1. The second kappa shape index (κ2) is 14.1. The van der Waals surface area contributed by atoms with E-state index in [1.54, 1.807) is 18.7 Å². The van der Waals surface area contributed by atoms with Gasteiger partial charge in [0.25, 0.3) is 5.91 Å². The second-order valence-electron chi connectivity index (χ2n) is 12.8. The van der Waals surface area contributed by atoms with Crippen LogP contribution in [0.3, 0.4) is 0 Å². The van der Waals surface area contributed by atoms with Crippen LogP contribution in [0.1, 0.15) is 65.2 Å². The van der Waals surface area contributed by atoms with Gasteiger partial charge >= 0.3 is 12.0 Å². The maximum atomic E-state index is 14.1. The van der Waals surface area contributed by atoms with E-state index in [1.807, 2.05) is 0 Å². The molecule has 0 aromatic carbocycles. The van der Waals surface area contributed by atoms with Gasteiger partial charge in [0.15, 0.2) is 6.10 Å². The molecule has 3 saturated heterocycles. The van der Waals surface area contributed by atoms with Gasteiger partial charge in [-0.2, -0.15) is 0 Å². The summed E-state index contributed by atoms with van der Waals surface area (Å²) < 4.78 is 9.89. The van der Waals surface area contributed by atoms with Gasteiger partial charge in [-0.3, -0.25) is 19.3 Å². The number of hydrogen-bond acceptors (Lipinski definition) is 11. The Balaban J connectivity index is 1.61. The van der Waals surface area contributed by atoms with Crippen LogP contribution in [-0.4, -0.2) is 130 Å². The van der Waals surface area contributed by atoms with Crippen molar-refractivity contribution in [3.05, 3.63) is 0 Å². The topological polar surface area (TPSA) is 195 Å². The number of carbonyl (C=O) groups excluding carboxylic acids is 5. The Morgan fingerprint density at radius 2 is 1.61 bits per heavy atom. The number of urea groups is 1. The first-order chi connectivity index (χ1) is 20.8. The summed E-state index contributed by atoms with van der Waals surface area (Å²) in [5.41, 5.74) is 1.03. The molecule has 7 atom stereocenters. The lowest BCUT2D eigenvalue weighted by Crippen LogP contribution is -2.61. The Labute approximate surface area is 256 Å². The van der Waals surface area contributed by atoms with E-state index in [9.17, 15) is 39.3 Å². The van der Waals surface area contributed by atoms with Crippen molar-refractivity contribution in [2.75, 3.05) is 33.8 Å². The molecule has 4 fully saturated rings. The number of aliphatic hydroxyl groups is 3. The molecule has 4 rings (SSSR count). The van der Waals surface area contributed by atoms with Gasteiger partial charge in [-0.15, -0.1) is 0 Å². The number of hydrogen-bond donors (Lipinski definition) is 4. The lowest BCUT2D eigenvalue weighted by molar-refractivity contribution is -0.307. The summed E-state index contributed by atoms with van der Waals surface area (Å²) in [6, 6.07) is -0.604. The molecule has 1 saturated carbocycles. The van der Waals surface area contributed by atoms with Gasteiger partial charge in [0.1, 0.15) is 23.9 Å². The number of likely N-dealkylation sites (tertiary alicyclic amines) is 1. The van der Waals surface area contributed by atoms with E-state index in [2.05, 4.69) is 10.2 Å². The molecule has 0 bridgehead atoms. The zero-order valence-corrected chi connectivity index (χ0v) is 25.8. The fourth-order valence-corrected chi connectivity index (χ4v) is 6.57. The molecule has 3 aliphatic heterocycles. The third-order valence-electron chi connectivity index (χ3n) is 9.65. The lowest BCUT2D eigenvalue weighted by Gasteiger charge is -2.39. The van der Waals surface area contributed by atoms with E-state index in [1.165, 1.54) is 11.9 Å². The van der Waals surface area contributed by atoms with Crippen molar-refractivity contribution in [1.29, 1.82) is 0 Å². The average Bonchev–Trinajstić information content (AvgIpc) is 3.59. The van der Waals surface area contributed by atoms with Crippen molar-refractivity contribution in [2.24, 2.45) is 17.8 Å². The van der Waals surface area contributed by atoms with E-state index in [0.717, 1.165) is 57.0 Å². The number of carbonyl (C=O) groups is 5. The van der Waals surface area contributed by atoms with E-state index in [0.29, 0.717) is 19.5 Å². The minimum absolute atomic E-state index is 0.176. The van der Waals surface area contributed by atoms with Crippen LogP contribution < -0.4 is 5.48 Å². The zero-order chi connectivity index (χ0) is 32.3. The SMILES string of the molecule is COC(=O)[C@H]1O[C@@H](ONC(=O)[C@H](CN2C(=O)N(C)C(C)(C)C2=O)[C@@H](CC2CCCC2)C(=O)N2CCCCC2)[C@H](O)[C@@H](O)[C@@H]1O. The summed E-state index contributed by atoms with van der Waals surface area (Å²) in [7, 11) is 2.54. The molecule has 0 spiro atoms. The Hall–Kier alpha value is -2.85. The van der Waals surface area contributed by atoms with E-state index >= 15 is 0 Å². The number of nitrogens with zero attached hydrogens (tertiary/aromatic N) is 3. The van der Waals surface area contributed by atoms with Gasteiger partial charge in [0, 0.05) is 26.7 Å². The number of likely N-dealkylation sites (N-methyl/N-ethyl adjacent to an activating group) is 1. The first-order valence-electron chi connectivity index (χ1n) is 15.4. The van der Waals surface area contributed by atoms with Gasteiger partial charge in [0.05, 0.1) is 18.9 Å². The minimum atomic E-state index is -1.88. The molecule has 4 N–H and O–H groups in total. The highest BCUT2D eigenvalue weighted by atomic mass is 16.8. The van der Waals surface area contributed by atoms with Crippen LogP contribution in [0.25, 0.3) is 0 Å². The first-order valence-corrected chi connectivity index (χ1v) is 15.4. The molecule has 15 nitrogen and oxygen atoms in total. The Kier molecular flexibility index (Phi) is 10.9. The maximum Gasteiger partial charge on any atom is 0.337 e. The molecule has 3 heterocycles. The number of piperidine rings is 1. The fourth-order valence-electron chi connectivity index (χ4n) is 6.57. The normalized spacial score (nSPS) is 30.8. The molecule has 44 heavy (non-hydrogen) atoms. The largest absolute Gasteiger partial charge is 0.467 e. The number of methoxy groups -OCH3 is 1. The lowest BCUT2D eigenvalue weighted by atomic mass is 9.81. The van der Waals surface area contributed by atoms with Crippen molar-refractivity contribution < 1.29 is 53.6 Å². The van der Waals surface area contributed by atoms with E-state index < -0.39 is 78.4 Å². The number of ether oxygens (including phenoxy) is 2. The van der Waals surface area contributed by atoms with E-state index in [4.69, 9.17) is 9.57 Å². The number of rotatable bonds is 10. The maximum absolute atomic E-state index is 14.1. The monoisotopic (exact) mass is 626 g/mol. The highest BCUT2D eigenvalue weighted by molar-refractivity contribution is 6.06. The second-order valence-corrected chi connectivity index (χ2v) is 12.8. The molecule has 0 radical (unpaired) electrons. The molecule has 4 aliphatic rings. The summed E-state index contributed by atoms with van der Waals surface area (Å²) in [5.74, 6) is -4.58. The van der Waals surface area contributed by atoms with Crippen LogP contribution in [0.5, 0.6) is 0 Å².